The normalized spacial score (nSPS) is 19.2. The van der Waals surface area contributed by atoms with Crippen LogP contribution >= 0.6 is 0 Å². The van der Waals surface area contributed by atoms with E-state index < -0.39 is 0 Å². The number of carbonyl (C=O) groups is 3. The summed E-state index contributed by atoms with van der Waals surface area (Å²) in [5.74, 6) is -0.531. The van der Waals surface area contributed by atoms with Gasteiger partial charge in [-0.15, -0.1) is 0 Å². The summed E-state index contributed by atoms with van der Waals surface area (Å²) in [6.07, 6.45) is 3.75. The molecule has 6 heteroatoms. The molecule has 1 aromatic rings. The van der Waals surface area contributed by atoms with Crippen molar-refractivity contribution >= 4 is 17.8 Å². The lowest BCUT2D eigenvalue weighted by atomic mass is 10.0. The Bertz CT molecular complexity index is 612. The van der Waals surface area contributed by atoms with E-state index in [1.165, 1.54) is 0 Å². The molecule has 0 radical (unpaired) electrons. The Balaban J connectivity index is 1.56. The molecule has 1 saturated heterocycles. The highest BCUT2D eigenvalue weighted by atomic mass is 16.5. The van der Waals surface area contributed by atoms with Crippen LogP contribution in [0.25, 0.3) is 0 Å². The molecule has 0 bridgehead atoms. The monoisotopic (exact) mass is 346 g/mol. The molecule has 1 heterocycles. The predicted octanol–water partition coefficient (Wildman–Crippen LogP) is 2.74. The van der Waals surface area contributed by atoms with Gasteiger partial charge in [0.15, 0.2) is 12.4 Å². The number of esters is 1. The number of ketones is 1. The fourth-order valence-electron chi connectivity index (χ4n) is 2.82. The average Bonchev–Trinajstić information content (AvgIpc) is 2.90. The molecule has 2 N–H and O–H groups in total. The molecule has 2 amide bonds. The molecule has 136 valence electrons. The fraction of sp³-hybridized carbons (Fsp3) is 0.526. The van der Waals surface area contributed by atoms with Crippen molar-refractivity contribution in [3.63, 3.8) is 0 Å². The van der Waals surface area contributed by atoms with E-state index in [0.717, 1.165) is 31.2 Å². The summed E-state index contributed by atoms with van der Waals surface area (Å²) in [5, 5.41) is 5.69. The molecule has 0 aliphatic carbocycles. The molecular weight excluding hydrogens is 320 g/mol. The van der Waals surface area contributed by atoms with E-state index >= 15 is 0 Å². The van der Waals surface area contributed by atoms with Crippen molar-refractivity contribution in [2.75, 3.05) is 6.61 Å². The van der Waals surface area contributed by atoms with Crippen molar-refractivity contribution in [1.29, 1.82) is 0 Å². The van der Waals surface area contributed by atoms with E-state index in [1.807, 2.05) is 26.0 Å². The van der Waals surface area contributed by atoms with E-state index in [1.54, 1.807) is 12.1 Å². The van der Waals surface area contributed by atoms with Crippen molar-refractivity contribution in [1.82, 2.24) is 10.6 Å². The Labute approximate surface area is 148 Å². The van der Waals surface area contributed by atoms with E-state index in [2.05, 4.69) is 10.6 Å². The summed E-state index contributed by atoms with van der Waals surface area (Å²) in [7, 11) is 0. The second kappa shape index (κ2) is 9.20. The number of nitrogens with one attached hydrogen (secondary N) is 2. The molecule has 2 rings (SSSR count). The number of hydrogen-bond donors (Lipinski definition) is 2. The molecule has 2 atom stereocenters. The SMILES string of the molecule is Cc1ccc(C(=O)COC(=O)CCCCC[C@H]2NC(=O)N[C@H]2C)cc1. The summed E-state index contributed by atoms with van der Waals surface area (Å²) in [5.41, 5.74) is 1.63. The molecule has 1 fully saturated rings. The van der Waals surface area contributed by atoms with Crippen LogP contribution in [0.4, 0.5) is 4.79 Å². The number of aryl methyl sites for hydroxylation is 1. The maximum atomic E-state index is 11.9. The summed E-state index contributed by atoms with van der Waals surface area (Å²) < 4.78 is 5.04. The van der Waals surface area contributed by atoms with Gasteiger partial charge >= 0.3 is 12.0 Å². The van der Waals surface area contributed by atoms with Crippen LogP contribution in [0.1, 0.15) is 54.9 Å². The molecule has 0 spiro atoms. The van der Waals surface area contributed by atoms with Crippen molar-refractivity contribution in [2.45, 2.75) is 58.0 Å². The Morgan fingerprint density at radius 1 is 1.08 bits per heavy atom. The summed E-state index contributed by atoms with van der Waals surface area (Å²) >= 11 is 0. The van der Waals surface area contributed by atoms with Gasteiger partial charge in [0.2, 0.25) is 0 Å². The lowest BCUT2D eigenvalue weighted by Gasteiger charge is -2.13. The number of ether oxygens (including phenoxy) is 1. The molecule has 6 nitrogen and oxygen atoms in total. The summed E-state index contributed by atoms with van der Waals surface area (Å²) in [6, 6.07) is 7.39. The van der Waals surface area contributed by atoms with Gasteiger partial charge in [-0.1, -0.05) is 42.7 Å². The number of urea groups is 1. The van der Waals surface area contributed by atoms with Crippen LogP contribution < -0.4 is 10.6 Å². The number of unbranched alkanes of at least 4 members (excludes halogenated alkanes) is 2. The number of Topliss-reactive ketones (excluding diaryl/α,β-unsaturated/α-hetero) is 1. The van der Waals surface area contributed by atoms with Gasteiger partial charge in [0.25, 0.3) is 0 Å². The zero-order valence-corrected chi connectivity index (χ0v) is 14.8. The first kappa shape index (κ1) is 19.0. The molecule has 0 aromatic heterocycles. The maximum absolute atomic E-state index is 11.9. The van der Waals surface area contributed by atoms with Crippen molar-refractivity contribution in [3.05, 3.63) is 35.4 Å². The minimum Gasteiger partial charge on any atom is -0.457 e. The molecular formula is C19H26N2O4. The van der Waals surface area contributed by atoms with Gasteiger partial charge in [0, 0.05) is 18.0 Å². The second-order valence-corrected chi connectivity index (χ2v) is 6.56. The third-order valence-corrected chi connectivity index (χ3v) is 4.41. The lowest BCUT2D eigenvalue weighted by molar-refractivity contribution is -0.142. The van der Waals surface area contributed by atoms with Crippen molar-refractivity contribution in [3.8, 4) is 0 Å². The minimum atomic E-state index is -0.343. The van der Waals surface area contributed by atoms with Crippen molar-refractivity contribution < 1.29 is 19.1 Å². The summed E-state index contributed by atoms with van der Waals surface area (Å²) in [4.78, 5) is 34.8. The molecule has 1 aliphatic heterocycles. The largest absolute Gasteiger partial charge is 0.457 e. The smallest absolute Gasteiger partial charge is 0.315 e. The molecule has 1 aliphatic rings. The van der Waals surface area contributed by atoms with Crippen LogP contribution in [0.2, 0.25) is 0 Å². The van der Waals surface area contributed by atoms with E-state index in [0.29, 0.717) is 12.0 Å². The number of hydrogen-bond acceptors (Lipinski definition) is 4. The van der Waals surface area contributed by atoms with Crippen LogP contribution in [0, 0.1) is 6.92 Å². The zero-order valence-electron chi connectivity index (χ0n) is 14.8. The van der Waals surface area contributed by atoms with Gasteiger partial charge in [0.1, 0.15) is 0 Å². The third-order valence-electron chi connectivity index (χ3n) is 4.41. The minimum absolute atomic E-state index is 0.112. The second-order valence-electron chi connectivity index (χ2n) is 6.56. The molecule has 0 unspecified atom stereocenters. The Morgan fingerprint density at radius 3 is 2.44 bits per heavy atom. The Kier molecular flexibility index (Phi) is 6.98. The molecule has 0 saturated carbocycles. The van der Waals surface area contributed by atoms with Crippen LogP contribution in [0.5, 0.6) is 0 Å². The number of carbonyl (C=O) groups excluding carboxylic acids is 3. The van der Waals surface area contributed by atoms with Crippen molar-refractivity contribution in [2.24, 2.45) is 0 Å². The number of amides is 2. The van der Waals surface area contributed by atoms with Gasteiger partial charge in [-0.3, -0.25) is 9.59 Å². The van der Waals surface area contributed by atoms with E-state index in [9.17, 15) is 14.4 Å². The van der Waals surface area contributed by atoms with Crippen LogP contribution in [0.3, 0.4) is 0 Å². The molecule has 25 heavy (non-hydrogen) atoms. The highest BCUT2D eigenvalue weighted by Crippen LogP contribution is 2.12. The van der Waals surface area contributed by atoms with Crippen LogP contribution in [-0.2, 0) is 9.53 Å². The van der Waals surface area contributed by atoms with Crippen LogP contribution in [0.15, 0.2) is 24.3 Å². The maximum Gasteiger partial charge on any atom is 0.315 e. The Morgan fingerprint density at radius 2 is 1.80 bits per heavy atom. The van der Waals surface area contributed by atoms with Crippen LogP contribution in [-0.4, -0.2) is 36.5 Å². The standard InChI is InChI=1S/C19H26N2O4/c1-13-8-10-15(11-9-13)17(22)12-25-18(23)7-5-3-4-6-16-14(2)20-19(24)21-16/h8-11,14,16H,3-7,12H2,1-2H3,(H2,20,21,24)/t14-,16+/m0/s1. The van der Waals surface area contributed by atoms with E-state index in [-0.39, 0.29) is 36.5 Å². The topological polar surface area (TPSA) is 84.5 Å². The highest BCUT2D eigenvalue weighted by Gasteiger charge is 2.26. The van der Waals surface area contributed by atoms with Gasteiger partial charge in [-0.25, -0.2) is 4.79 Å². The first-order valence-corrected chi connectivity index (χ1v) is 8.78. The van der Waals surface area contributed by atoms with Gasteiger partial charge in [-0.05, 0) is 26.7 Å². The summed E-state index contributed by atoms with van der Waals surface area (Å²) in [6.45, 7) is 3.72. The zero-order chi connectivity index (χ0) is 18.2. The quantitative estimate of drug-likeness (QED) is 0.409. The third kappa shape index (κ3) is 6.21. The average molecular weight is 346 g/mol. The first-order valence-electron chi connectivity index (χ1n) is 8.78. The molecule has 1 aromatic carbocycles. The predicted molar refractivity (Wildman–Crippen MR) is 94.5 cm³/mol. The lowest BCUT2D eigenvalue weighted by Crippen LogP contribution is -2.30. The highest BCUT2D eigenvalue weighted by molar-refractivity contribution is 5.97. The van der Waals surface area contributed by atoms with Gasteiger partial charge < -0.3 is 15.4 Å². The van der Waals surface area contributed by atoms with E-state index in [4.69, 9.17) is 4.74 Å². The first-order chi connectivity index (χ1) is 12.0. The number of benzene rings is 1. The number of rotatable bonds is 9. The fourth-order valence-corrected chi connectivity index (χ4v) is 2.82. The van der Waals surface area contributed by atoms with Gasteiger partial charge in [-0.2, -0.15) is 0 Å². The van der Waals surface area contributed by atoms with Gasteiger partial charge in [0.05, 0.1) is 6.04 Å². The Hall–Kier alpha value is -2.37.